The SMILES string of the molecule is Cc1ccc(-n2ncc(C(=O)NCCN3CCC(Cc4ccccc4)CC3)c2-n2cccc2)cc1. The normalized spacial score (nSPS) is 14.8. The molecule has 1 N–H and O–H groups in total. The zero-order valence-electron chi connectivity index (χ0n) is 20.3. The Bertz CT molecular complexity index is 1220. The van der Waals surface area contributed by atoms with Crippen molar-refractivity contribution < 1.29 is 4.79 Å². The number of hydrogen-bond donors (Lipinski definition) is 1. The summed E-state index contributed by atoms with van der Waals surface area (Å²) in [6, 6.07) is 22.9. The van der Waals surface area contributed by atoms with Gasteiger partial charge in [0.05, 0.1) is 11.9 Å². The zero-order valence-corrected chi connectivity index (χ0v) is 20.3. The highest BCUT2D eigenvalue weighted by atomic mass is 16.1. The van der Waals surface area contributed by atoms with E-state index < -0.39 is 0 Å². The molecule has 0 unspecified atom stereocenters. The van der Waals surface area contributed by atoms with Gasteiger partial charge < -0.3 is 14.8 Å². The Hall–Kier alpha value is -3.64. The number of carbonyl (C=O) groups excluding carboxylic acids is 1. The van der Waals surface area contributed by atoms with Crippen LogP contribution in [0.25, 0.3) is 11.5 Å². The van der Waals surface area contributed by atoms with Gasteiger partial charge in [0.1, 0.15) is 5.56 Å². The second-order valence-corrected chi connectivity index (χ2v) is 9.45. The van der Waals surface area contributed by atoms with Crippen LogP contribution in [0.2, 0.25) is 0 Å². The minimum Gasteiger partial charge on any atom is -0.351 e. The first-order valence-electron chi connectivity index (χ1n) is 12.5. The van der Waals surface area contributed by atoms with Crippen molar-refractivity contribution in [3.8, 4) is 11.5 Å². The molecule has 0 atom stereocenters. The number of nitrogens with one attached hydrogen (secondary N) is 1. The summed E-state index contributed by atoms with van der Waals surface area (Å²) in [5.74, 6) is 1.41. The molecule has 1 aliphatic rings. The number of nitrogens with zero attached hydrogens (tertiary/aromatic N) is 4. The Labute approximate surface area is 207 Å². The lowest BCUT2D eigenvalue weighted by Crippen LogP contribution is -2.40. The number of carbonyl (C=O) groups is 1. The third-order valence-electron chi connectivity index (χ3n) is 6.90. The summed E-state index contributed by atoms with van der Waals surface area (Å²) in [7, 11) is 0. The molecule has 5 rings (SSSR count). The van der Waals surface area contributed by atoms with Gasteiger partial charge in [0.2, 0.25) is 0 Å². The molecule has 1 saturated heterocycles. The van der Waals surface area contributed by atoms with E-state index in [0.29, 0.717) is 12.1 Å². The molecule has 1 amide bonds. The van der Waals surface area contributed by atoms with Crippen LogP contribution in [-0.4, -0.2) is 51.3 Å². The molecule has 0 aliphatic carbocycles. The first-order chi connectivity index (χ1) is 17.2. The lowest BCUT2D eigenvalue weighted by atomic mass is 9.90. The summed E-state index contributed by atoms with van der Waals surface area (Å²) < 4.78 is 3.77. The quantitative estimate of drug-likeness (QED) is 0.410. The standard InChI is InChI=1S/C29H33N5O/c1-23-9-11-26(12-10-23)34-29(33-16-5-6-17-33)27(22-31-34)28(35)30-15-20-32-18-13-25(14-19-32)21-24-7-3-2-4-8-24/h2-12,16-17,22,25H,13-15,18-21H2,1H3,(H,30,35). The smallest absolute Gasteiger partial charge is 0.256 e. The zero-order chi connectivity index (χ0) is 24.0. The molecule has 180 valence electrons. The number of aromatic nitrogens is 3. The van der Waals surface area contributed by atoms with Gasteiger partial charge >= 0.3 is 0 Å². The van der Waals surface area contributed by atoms with Crippen LogP contribution in [0.4, 0.5) is 0 Å². The average Bonchev–Trinajstić information content (AvgIpc) is 3.56. The van der Waals surface area contributed by atoms with Crippen LogP contribution >= 0.6 is 0 Å². The van der Waals surface area contributed by atoms with Crippen LogP contribution in [0, 0.1) is 12.8 Å². The van der Waals surface area contributed by atoms with E-state index in [0.717, 1.165) is 37.1 Å². The summed E-state index contributed by atoms with van der Waals surface area (Å²) in [5, 5.41) is 7.68. The molecule has 0 spiro atoms. The highest BCUT2D eigenvalue weighted by Crippen LogP contribution is 2.22. The molecular weight excluding hydrogens is 434 g/mol. The first kappa shape index (κ1) is 23.1. The van der Waals surface area contributed by atoms with Crippen molar-refractivity contribution in [2.45, 2.75) is 26.2 Å². The molecule has 0 radical (unpaired) electrons. The van der Waals surface area contributed by atoms with Gasteiger partial charge in [-0.05, 0) is 75.0 Å². The van der Waals surface area contributed by atoms with E-state index in [-0.39, 0.29) is 5.91 Å². The summed E-state index contributed by atoms with van der Waals surface area (Å²) in [5.41, 5.74) is 4.12. The van der Waals surface area contributed by atoms with Crippen molar-refractivity contribution >= 4 is 5.91 Å². The molecule has 2 aromatic carbocycles. The van der Waals surface area contributed by atoms with Gasteiger partial charge in [-0.3, -0.25) is 4.79 Å². The lowest BCUT2D eigenvalue weighted by molar-refractivity contribution is 0.0944. The molecule has 1 fully saturated rings. The van der Waals surface area contributed by atoms with Crippen molar-refractivity contribution in [2.24, 2.45) is 5.92 Å². The van der Waals surface area contributed by atoms with Crippen LogP contribution in [-0.2, 0) is 6.42 Å². The maximum atomic E-state index is 13.2. The van der Waals surface area contributed by atoms with Crippen LogP contribution < -0.4 is 5.32 Å². The number of amides is 1. The molecule has 2 aromatic heterocycles. The summed E-state index contributed by atoms with van der Waals surface area (Å²) >= 11 is 0. The van der Waals surface area contributed by atoms with Crippen molar-refractivity contribution in [2.75, 3.05) is 26.2 Å². The van der Waals surface area contributed by atoms with E-state index in [9.17, 15) is 4.79 Å². The van der Waals surface area contributed by atoms with E-state index in [4.69, 9.17) is 0 Å². The van der Waals surface area contributed by atoms with E-state index in [1.54, 1.807) is 6.20 Å². The number of hydrogen-bond acceptors (Lipinski definition) is 3. The molecule has 0 bridgehead atoms. The fraction of sp³-hybridized carbons (Fsp3) is 0.310. The highest BCUT2D eigenvalue weighted by Gasteiger charge is 2.22. The minimum atomic E-state index is -0.0916. The van der Waals surface area contributed by atoms with E-state index in [1.165, 1.54) is 30.4 Å². The van der Waals surface area contributed by atoms with Crippen molar-refractivity contribution in [1.29, 1.82) is 0 Å². The monoisotopic (exact) mass is 467 g/mol. The maximum Gasteiger partial charge on any atom is 0.256 e. The maximum absolute atomic E-state index is 13.2. The molecule has 6 heteroatoms. The number of aryl methyl sites for hydroxylation is 1. The van der Waals surface area contributed by atoms with Gasteiger partial charge in [0.15, 0.2) is 5.82 Å². The highest BCUT2D eigenvalue weighted by molar-refractivity contribution is 5.97. The lowest BCUT2D eigenvalue weighted by Gasteiger charge is -2.32. The predicted molar refractivity (Wildman–Crippen MR) is 139 cm³/mol. The molecule has 1 aliphatic heterocycles. The number of piperidine rings is 1. The Morgan fingerprint density at radius 3 is 2.40 bits per heavy atom. The van der Waals surface area contributed by atoms with E-state index in [2.05, 4.69) is 64.7 Å². The number of likely N-dealkylation sites (tertiary alicyclic amines) is 1. The Kier molecular flexibility index (Phi) is 7.09. The van der Waals surface area contributed by atoms with Gasteiger partial charge in [0, 0.05) is 25.5 Å². The van der Waals surface area contributed by atoms with Gasteiger partial charge in [-0.25, -0.2) is 4.68 Å². The van der Waals surface area contributed by atoms with Crippen LogP contribution in [0.3, 0.4) is 0 Å². The molecular formula is C29H33N5O. The van der Waals surface area contributed by atoms with Gasteiger partial charge in [-0.1, -0.05) is 48.0 Å². The minimum absolute atomic E-state index is 0.0916. The van der Waals surface area contributed by atoms with Gasteiger partial charge in [-0.2, -0.15) is 5.10 Å². The number of benzene rings is 2. The Morgan fingerprint density at radius 1 is 0.971 bits per heavy atom. The number of rotatable bonds is 8. The topological polar surface area (TPSA) is 55.1 Å². The van der Waals surface area contributed by atoms with Crippen molar-refractivity contribution in [1.82, 2.24) is 24.6 Å². The third kappa shape index (κ3) is 5.54. The largest absolute Gasteiger partial charge is 0.351 e. The van der Waals surface area contributed by atoms with E-state index >= 15 is 0 Å². The van der Waals surface area contributed by atoms with Crippen molar-refractivity contribution in [3.05, 3.63) is 102 Å². The second kappa shape index (κ2) is 10.7. The van der Waals surface area contributed by atoms with Gasteiger partial charge in [0.25, 0.3) is 5.91 Å². The molecule has 3 heterocycles. The van der Waals surface area contributed by atoms with Crippen molar-refractivity contribution in [3.63, 3.8) is 0 Å². The molecule has 6 nitrogen and oxygen atoms in total. The molecule has 0 saturated carbocycles. The first-order valence-corrected chi connectivity index (χ1v) is 12.5. The fourth-order valence-electron chi connectivity index (χ4n) is 4.89. The summed E-state index contributed by atoms with van der Waals surface area (Å²) in [4.78, 5) is 15.6. The molecule has 4 aromatic rings. The van der Waals surface area contributed by atoms with Crippen LogP contribution in [0.1, 0.15) is 34.3 Å². The predicted octanol–water partition coefficient (Wildman–Crippen LogP) is 4.66. The summed E-state index contributed by atoms with van der Waals surface area (Å²) in [6.07, 6.45) is 9.14. The summed E-state index contributed by atoms with van der Waals surface area (Å²) in [6.45, 7) is 5.74. The Balaban J connectivity index is 1.18. The Morgan fingerprint density at radius 2 is 1.69 bits per heavy atom. The van der Waals surface area contributed by atoms with E-state index in [1.807, 2.05) is 45.9 Å². The van der Waals surface area contributed by atoms with Crippen LogP contribution in [0.5, 0.6) is 0 Å². The van der Waals surface area contributed by atoms with Crippen LogP contribution in [0.15, 0.2) is 85.3 Å². The molecule has 35 heavy (non-hydrogen) atoms. The second-order valence-electron chi connectivity index (χ2n) is 9.45. The van der Waals surface area contributed by atoms with Gasteiger partial charge in [-0.15, -0.1) is 0 Å². The third-order valence-corrected chi connectivity index (χ3v) is 6.90. The average molecular weight is 468 g/mol. The fourth-order valence-corrected chi connectivity index (χ4v) is 4.89.